The number of aromatic amines is 1. The number of carbonyl (C=O) groups excluding carboxylic acids is 1. The van der Waals surface area contributed by atoms with Crippen LogP contribution in [0.3, 0.4) is 0 Å². The summed E-state index contributed by atoms with van der Waals surface area (Å²) in [7, 11) is 3.48. The minimum Gasteiger partial charge on any atom is -0.348 e. The van der Waals surface area contributed by atoms with Crippen molar-refractivity contribution in [3.8, 4) is 0 Å². The van der Waals surface area contributed by atoms with Crippen LogP contribution in [0, 0.1) is 0 Å². The number of hydrogen-bond donors (Lipinski definition) is 1. The second-order valence-electron chi connectivity index (χ2n) is 4.79. The Kier molecular flexibility index (Phi) is 3.96. The van der Waals surface area contributed by atoms with Crippen LogP contribution in [0.2, 0.25) is 0 Å². The van der Waals surface area contributed by atoms with Crippen LogP contribution >= 0.6 is 11.8 Å². The number of carbonyl (C=O) groups is 1. The Balaban J connectivity index is 2.57. The van der Waals surface area contributed by atoms with Crippen molar-refractivity contribution in [1.29, 1.82) is 0 Å². The minimum absolute atomic E-state index is 0.0443. The van der Waals surface area contributed by atoms with Crippen LogP contribution in [0.15, 0.2) is 5.16 Å². The molecule has 0 saturated heterocycles. The Morgan fingerprint density at radius 2 is 2.06 bits per heavy atom. The van der Waals surface area contributed by atoms with Gasteiger partial charge in [0.2, 0.25) is 11.1 Å². The Hall–Kier alpha value is -1.04. The van der Waals surface area contributed by atoms with Gasteiger partial charge in [-0.05, 0) is 0 Å². The lowest BCUT2D eigenvalue weighted by Gasteiger charge is -2.12. The molecule has 0 unspecified atom stereocenters. The van der Waals surface area contributed by atoms with Gasteiger partial charge in [0.25, 0.3) is 0 Å². The first-order valence-corrected chi connectivity index (χ1v) is 6.05. The van der Waals surface area contributed by atoms with E-state index < -0.39 is 0 Å². The van der Waals surface area contributed by atoms with Gasteiger partial charge in [0, 0.05) is 19.5 Å². The number of rotatable bonds is 3. The standard InChI is InChI=1S/C10H18N4OS/c1-10(2,3)8-11-9(13-12-8)16-6-7(15)14(4)5/h6H2,1-5H3,(H,11,12,13). The molecule has 0 aliphatic rings. The number of nitrogens with zero attached hydrogens (tertiary/aromatic N) is 3. The van der Waals surface area contributed by atoms with Gasteiger partial charge in [-0.15, -0.1) is 5.10 Å². The molecule has 5 nitrogen and oxygen atoms in total. The van der Waals surface area contributed by atoms with E-state index in [1.165, 1.54) is 11.8 Å². The third kappa shape index (κ3) is 3.52. The molecule has 0 aliphatic carbocycles. The SMILES string of the molecule is CN(C)C(=O)CSc1n[nH]c(C(C)(C)C)n1. The van der Waals surface area contributed by atoms with Gasteiger partial charge in [-0.25, -0.2) is 4.98 Å². The molecular weight excluding hydrogens is 224 g/mol. The average molecular weight is 242 g/mol. The molecular formula is C10H18N4OS. The van der Waals surface area contributed by atoms with Crippen molar-refractivity contribution >= 4 is 17.7 Å². The molecule has 0 radical (unpaired) electrons. The van der Waals surface area contributed by atoms with Gasteiger partial charge >= 0.3 is 0 Å². The Labute approximate surface area is 100 Å². The van der Waals surface area contributed by atoms with Crippen molar-refractivity contribution in [2.75, 3.05) is 19.8 Å². The van der Waals surface area contributed by atoms with E-state index in [9.17, 15) is 4.79 Å². The summed E-state index contributed by atoms with van der Waals surface area (Å²) in [5.74, 6) is 1.27. The Morgan fingerprint density at radius 1 is 1.44 bits per heavy atom. The fourth-order valence-electron chi connectivity index (χ4n) is 0.902. The zero-order chi connectivity index (χ0) is 12.3. The summed E-state index contributed by atoms with van der Waals surface area (Å²) in [6.45, 7) is 6.19. The largest absolute Gasteiger partial charge is 0.348 e. The van der Waals surface area contributed by atoms with Crippen LogP contribution in [0.25, 0.3) is 0 Å². The first kappa shape index (κ1) is 13.0. The second-order valence-corrected chi connectivity index (χ2v) is 5.74. The highest BCUT2D eigenvalue weighted by Gasteiger charge is 2.19. The lowest BCUT2D eigenvalue weighted by atomic mass is 9.96. The van der Waals surface area contributed by atoms with E-state index >= 15 is 0 Å². The first-order valence-electron chi connectivity index (χ1n) is 5.06. The zero-order valence-corrected chi connectivity index (χ0v) is 11.2. The molecule has 1 rings (SSSR count). The molecule has 1 N–H and O–H groups in total. The first-order chi connectivity index (χ1) is 7.30. The lowest BCUT2D eigenvalue weighted by molar-refractivity contribution is -0.125. The normalized spacial score (nSPS) is 11.6. The van der Waals surface area contributed by atoms with E-state index in [1.807, 2.05) is 0 Å². The molecule has 1 amide bonds. The molecule has 0 saturated carbocycles. The van der Waals surface area contributed by atoms with Crippen LogP contribution < -0.4 is 0 Å². The number of H-pyrrole nitrogens is 1. The number of thioether (sulfide) groups is 1. The highest BCUT2D eigenvalue weighted by Crippen LogP contribution is 2.20. The molecule has 1 heterocycles. The van der Waals surface area contributed by atoms with E-state index in [4.69, 9.17) is 0 Å². The fraction of sp³-hybridized carbons (Fsp3) is 0.700. The molecule has 6 heteroatoms. The van der Waals surface area contributed by atoms with Crippen molar-refractivity contribution in [2.45, 2.75) is 31.3 Å². The molecule has 0 spiro atoms. The van der Waals surface area contributed by atoms with Crippen LogP contribution in [0.1, 0.15) is 26.6 Å². The van der Waals surface area contributed by atoms with E-state index in [0.717, 1.165) is 5.82 Å². The number of amides is 1. The third-order valence-electron chi connectivity index (χ3n) is 2.00. The third-order valence-corrected chi connectivity index (χ3v) is 2.83. The predicted molar refractivity (Wildman–Crippen MR) is 64.5 cm³/mol. The van der Waals surface area contributed by atoms with Crippen molar-refractivity contribution in [3.05, 3.63) is 5.82 Å². The molecule has 0 bridgehead atoms. The van der Waals surface area contributed by atoms with Gasteiger partial charge in [-0.2, -0.15) is 0 Å². The smallest absolute Gasteiger partial charge is 0.232 e. The van der Waals surface area contributed by atoms with Crippen molar-refractivity contribution < 1.29 is 4.79 Å². The summed E-state index contributed by atoms with van der Waals surface area (Å²) >= 11 is 1.35. The monoisotopic (exact) mass is 242 g/mol. The summed E-state index contributed by atoms with van der Waals surface area (Å²) in [6.07, 6.45) is 0. The fourth-order valence-corrected chi connectivity index (χ4v) is 1.68. The van der Waals surface area contributed by atoms with Crippen LogP contribution in [-0.4, -0.2) is 45.8 Å². The van der Waals surface area contributed by atoms with E-state index in [-0.39, 0.29) is 11.3 Å². The summed E-state index contributed by atoms with van der Waals surface area (Å²) < 4.78 is 0. The van der Waals surface area contributed by atoms with Gasteiger partial charge in [0.05, 0.1) is 5.75 Å². The number of nitrogens with one attached hydrogen (secondary N) is 1. The summed E-state index contributed by atoms with van der Waals surface area (Å²) in [5.41, 5.74) is -0.0443. The molecule has 90 valence electrons. The Bertz CT molecular complexity index is 367. The van der Waals surface area contributed by atoms with Crippen LogP contribution in [0.5, 0.6) is 0 Å². The van der Waals surface area contributed by atoms with E-state index in [1.54, 1.807) is 19.0 Å². The number of aromatic nitrogens is 3. The van der Waals surface area contributed by atoms with Crippen molar-refractivity contribution in [2.24, 2.45) is 0 Å². The molecule has 1 aromatic heterocycles. The number of hydrogen-bond acceptors (Lipinski definition) is 4. The van der Waals surface area contributed by atoms with Gasteiger partial charge in [-0.3, -0.25) is 9.89 Å². The van der Waals surface area contributed by atoms with Gasteiger partial charge in [-0.1, -0.05) is 32.5 Å². The molecule has 0 aliphatic heterocycles. The summed E-state index contributed by atoms with van der Waals surface area (Å²) in [4.78, 5) is 17.3. The maximum absolute atomic E-state index is 11.4. The highest BCUT2D eigenvalue weighted by atomic mass is 32.2. The average Bonchev–Trinajstić information content (AvgIpc) is 2.61. The summed E-state index contributed by atoms with van der Waals surface area (Å²) in [6, 6.07) is 0. The minimum atomic E-state index is -0.0443. The van der Waals surface area contributed by atoms with Gasteiger partial charge < -0.3 is 4.90 Å². The molecule has 0 aromatic carbocycles. The van der Waals surface area contributed by atoms with Crippen molar-refractivity contribution in [3.63, 3.8) is 0 Å². The Morgan fingerprint density at radius 3 is 2.50 bits per heavy atom. The quantitative estimate of drug-likeness (QED) is 0.811. The topological polar surface area (TPSA) is 61.9 Å². The molecule has 0 fully saturated rings. The summed E-state index contributed by atoms with van der Waals surface area (Å²) in [5, 5.41) is 7.59. The zero-order valence-electron chi connectivity index (χ0n) is 10.4. The lowest BCUT2D eigenvalue weighted by Crippen LogP contribution is -2.23. The van der Waals surface area contributed by atoms with Crippen LogP contribution in [0.4, 0.5) is 0 Å². The molecule has 1 aromatic rings. The van der Waals surface area contributed by atoms with Crippen molar-refractivity contribution in [1.82, 2.24) is 20.1 Å². The molecule has 16 heavy (non-hydrogen) atoms. The predicted octanol–water partition coefficient (Wildman–Crippen LogP) is 1.28. The maximum Gasteiger partial charge on any atom is 0.232 e. The highest BCUT2D eigenvalue weighted by molar-refractivity contribution is 7.99. The van der Waals surface area contributed by atoms with E-state index in [0.29, 0.717) is 10.9 Å². The van der Waals surface area contributed by atoms with Crippen LogP contribution in [-0.2, 0) is 10.2 Å². The van der Waals surface area contributed by atoms with Gasteiger partial charge in [0.1, 0.15) is 5.82 Å². The van der Waals surface area contributed by atoms with Gasteiger partial charge in [0.15, 0.2) is 0 Å². The van der Waals surface area contributed by atoms with E-state index in [2.05, 4.69) is 36.0 Å². The molecule has 0 atom stereocenters. The maximum atomic E-state index is 11.4. The second kappa shape index (κ2) is 4.86.